The Morgan fingerprint density at radius 1 is 1.03 bits per heavy atom. The molecule has 2 N–H and O–H groups in total. The lowest BCUT2D eigenvalue weighted by Gasteiger charge is -2.18. The number of carbonyl (C=O) groups is 1. The Hall–Kier alpha value is -4.26. The average Bonchev–Trinajstić information content (AvgIpc) is 3.43. The smallest absolute Gasteiger partial charge is 0.228 e. The summed E-state index contributed by atoms with van der Waals surface area (Å²) in [6.45, 7) is 1.11. The topological polar surface area (TPSA) is 80.7 Å². The van der Waals surface area contributed by atoms with Crippen molar-refractivity contribution in [3.05, 3.63) is 78.8 Å². The molecule has 158 valence electrons. The number of pyridine rings is 1. The molecule has 32 heavy (non-hydrogen) atoms. The van der Waals surface area contributed by atoms with E-state index in [-0.39, 0.29) is 5.91 Å². The minimum Gasteiger partial charge on any atom is -0.486 e. The molecule has 0 saturated heterocycles. The number of imidazole rings is 1. The maximum Gasteiger partial charge on any atom is 0.228 e. The largest absolute Gasteiger partial charge is 0.486 e. The highest BCUT2D eigenvalue weighted by molar-refractivity contribution is 5.95. The highest BCUT2D eigenvalue weighted by Crippen LogP contribution is 2.34. The fraction of sp³-hybridized carbons (Fsp3) is 0.120. The van der Waals surface area contributed by atoms with E-state index in [4.69, 9.17) is 14.5 Å². The van der Waals surface area contributed by atoms with E-state index in [9.17, 15) is 4.79 Å². The number of fused-ring (bicyclic) bond motifs is 3. The fourth-order valence-electron chi connectivity index (χ4n) is 4.06. The van der Waals surface area contributed by atoms with Gasteiger partial charge in [0.2, 0.25) is 5.91 Å². The van der Waals surface area contributed by atoms with E-state index in [1.807, 2.05) is 77.6 Å². The van der Waals surface area contributed by atoms with Crippen LogP contribution in [0.5, 0.6) is 11.5 Å². The van der Waals surface area contributed by atoms with Crippen molar-refractivity contribution in [3.63, 3.8) is 0 Å². The van der Waals surface area contributed by atoms with Gasteiger partial charge in [-0.05, 0) is 42.0 Å². The molecule has 0 unspecified atom stereocenters. The van der Waals surface area contributed by atoms with Crippen LogP contribution in [-0.4, -0.2) is 33.5 Å². The van der Waals surface area contributed by atoms with Gasteiger partial charge in [0.1, 0.15) is 18.9 Å². The number of amides is 1. The summed E-state index contributed by atoms with van der Waals surface area (Å²) in [4.78, 5) is 20.6. The number of hydrogen-bond acceptors (Lipinski definition) is 4. The van der Waals surface area contributed by atoms with Crippen LogP contribution in [-0.2, 0) is 11.2 Å². The monoisotopic (exact) mass is 424 g/mol. The quantitative estimate of drug-likeness (QED) is 0.447. The van der Waals surface area contributed by atoms with Gasteiger partial charge in [0, 0.05) is 35.1 Å². The zero-order valence-corrected chi connectivity index (χ0v) is 17.2. The molecule has 0 atom stereocenters. The summed E-state index contributed by atoms with van der Waals surface area (Å²) in [5, 5.41) is 4.06. The molecule has 0 fully saturated rings. The van der Waals surface area contributed by atoms with E-state index in [0.29, 0.717) is 25.3 Å². The lowest BCUT2D eigenvalue weighted by Crippen LogP contribution is -2.15. The number of aromatic amines is 1. The van der Waals surface area contributed by atoms with Crippen molar-refractivity contribution in [1.29, 1.82) is 0 Å². The molecular weight excluding hydrogens is 404 g/mol. The molecule has 4 heterocycles. The second-order valence-electron chi connectivity index (χ2n) is 7.75. The summed E-state index contributed by atoms with van der Waals surface area (Å²) < 4.78 is 13.2. The second-order valence-corrected chi connectivity index (χ2v) is 7.75. The Bertz CT molecular complexity index is 1470. The third-order valence-electron chi connectivity index (χ3n) is 5.60. The number of ether oxygens (including phenoxy) is 2. The zero-order valence-electron chi connectivity index (χ0n) is 17.2. The lowest BCUT2D eigenvalue weighted by molar-refractivity contribution is -0.115. The van der Waals surface area contributed by atoms with Gasteiger partial charge >= 0.3 is 0 Å². The van der Waals surface area contributed by atoms with Gasteiger partial charge < -0.3 is 24.2 Å². The number of hydrogen-bond donors (Lipinski definition) is 2. The third-order valence-corrected chi connectivity index (χ3v) is 5.60. The minimum absolute atomic E-state index is 0.0683. The zero-order chi connectivity index (χ0) is 21.5. The van der Waals surface area contributed by atoms with Crippen LogP contribution in [0.4, 0.5) is 5.69 Å². The Morgan fingerprint density at radius 3 is 2.84 bits per heavy atom. The molecule has 0 aliphatic carbocycles. The number of aromatic nitrogens is 3. The van der Waals surface area contributed by atoms with Crippen LogP contribution in [0.15, 0.2) is 73.2 Å². The van der Waals surface area contributed by atoms with Crippen molar-refractivity contribution < 1.29 is 14.3 Å². The number of nitrogens with one attached hydrogen (secondary N) is 2. The predicted octanol–water partition coefficient (Wildman–Crippen LogP) is 4.44. The van der Waals surface area contributed by atoms with Crippen LogP contribution in [0.25, 0.3) is 27.8 Å². The molecule has 1 aliphatic rings. The van der Waals surface area contributed by atoms with E-state index in [2.05, 4.69) is 10.3 Å². The maximum atomic E-state index is 12.6. The first-order valence-electron chi connectivity index (χ1n) is 10.5. The molecule has 7 heteroatoms. The minimum atomic E-state index is -0.0683. The summed E-state index contributed by atoms with van der Waals surface area (Å²) in [5.41, 5.74) is 5.29. The van der Waals surface area contributed by atoms with E-state index in [1.165, 1.54) is 0 Å². The van der Waals surface area contributed by atoms with Gasteiger partial charge in [-0.3, -0.25) is 4.79 Å². The maximum absolute atomic E-state index is 12.6. The van der Waals surface area contributed by atoms with Crippen molar-refractivity contribution in [2.45, 2.75) is 6.42 Å². The molecular formula is C25H20N4O3. The molecule has 3 aromatic heterocycles. The van der Waals surface area contributed by atoms with Crippen LogP contribution in [0.3, 0.4) is 0 Å². The molecule has 0 radical (unpaired) electrons. The normalized spacial score (nSPS) is 12.9. The Labute approximate surface area is 183 Å². The molecule has 6 rings (SSSR count). The molecule has 2 aromatic carbocycles. The SMILES string of the molecule is O=C(Cc1c[nH]c2ccccc12)Nc1ccc2nc(-c3ccc4c(c3)OCCO4)cn2c1. The molecule has 0 spiro atoms. The van der Waals surface area contributed by atoms with Gasteiger partial charge in [0.15, 0.2) is 11.5 Å². The summed E-state index contributed by atoms with van der Waals surface area (Å²) in [5.74, 6) is 1.42. The molecule has 5 aromatic rings. The van der Waals surface area contributed by atoms with Crippen molar-refractivity contribution in [2.24, 2.45) is 0 Å². The number of nitrogens with zero attached hydrogens (tertiary/aromatic N) is 2. The molecule has 7 nitrogen and oxygen atoms in total. The number of rotatable bonds is 4. The van der Waals surface area contributed by atoms with E-state index < -0.39 is 0 Å². The number of anilines is 1. The number of benzene rings is 2. The Balaban J connectivity index is 1.22. The van der Waals surface area contributed by atoms with E-state index in [0.717, 1.165) is 44.9 Å². The van der Waals surface area contributed by atoms with Crippen LogP contribution in [0, 0.1) is 0 Å². The highest BCUT2D eigenvalue weighted by Gasteiger charge is 2.14. The van der Waals surface area contributed by atoms with Gasteiger partial charge in [0.05, 0.1) is 17.8 Å². The summed E-state index contributed by atoms with van der Waals surface area (Å²) in [6, 6.07) is 17.6. The number of carbonyl (C=O) groups excluding carboxylic acids is 1. The number of H-pyrrole nitrogens is 1. The fourth-order valence-corrected chi connectivity index (χ4v) is 4.06. The van der Waals surface area contributed by atoms with Crippen molar-refractivity contribution in [2.75, 3.05) is 18.5 Å². The van der Waals surface area contributed by atoms with Crippen molar-refractivity contribution in [3.8, 4) is 22.8 Å². The number of para-hydroxylation sites is 1. The van der Waals surface area contributed by atoms with Crippen molar-refractivity contribution in [1.82, 2.24) is 14.4 Å². The predicted molar refractivity (Wildman–Crippen MR) is 122 cm³/mol. The first-order chi connectivity index (χ1) is 15.7. The summed E-state index contributed by atoms with van der Waals surface area (Å²) >= 11 is 0. The van der Waals surface area contributed by atoms with Crippen LogP contribution in [0.1, 0.15) is 5.56 Å². The van der Waals surface area contributed by atoms with Crippen LogP contribution in [0.2, 0.25) is 0 Å². The average molecular weight is 424 g/mol. The molecule has 0 bridgehead atoms. The lowest BCUT2D eigenvalue weighted by atomic mass is 10.1. The van der Waals surface area contributed by atoms with Crippen LogP contribution >= 0.6 is 0 Å². The van der Waals surface area contributed by atoms with Gasteiger partial charge in [-0.25, -0.2) is 4.98 Å². The van der Waals surface area contributed by atoms with Gasteiger partial charge in [-0.15, -0.1) is 0 Å². The summed E-state index contributed by atoms with van der Waals surface area (Å²) in [7, 11) is 0. The standard InChI is InChI=1S/C25H20N4O3/c30-25(12-17-13-26-20-4-2-1-3-19(17)20)27-18-6-8-24-28-21(15-29(24)14-18)16-5-7-22-23(11-16)32-10-9-31-22/h1-8,11,13-15,26H,9-10,12H2,(H,27,30). The first-order valence-corrected chi connectivity index (χ1v) is 10.5. The van der Waals surface area contributed by atoms with Crippen molar-refractivity contribution >= 4 is 28.1 Å². The second kappa shape index (κ2) is 7.46. The molecule has 0 saturated carbocycles. The van der Waals surface area contributed by atoms with Gasteiger partial charge in [-0.2, -0.15) is 0 Å². The van der Waals surface area contributed by atoms with Gasteiger partial charge in [0.25, 0.3) is 0 Å². The van der Waals surface area contributed by atoms with E-state index in [1.54, 1.807) is 0 Å². The van der Waals surface area contributed by atoms with Crippen LogP contribution < -0.4 is 14.8 Å². The third kappa shape index (κ3) is 3.33. The first kappa shape index (κ1) is 18.5. The van der Waals surface area contributed by atoms with E-state index >= 15 is 0 Å². The summed E-state index contributed by atoms with van der Waals surface area (Å²) in [6.07, 6.45) is 6.00. The highest BCUT2D eigenvalue weighted by atomic mass is 16.6. The molecule has 1 aliphatic heterocycles. The molecule has 1 amide bonds. The van der Waals surface area contributed by atoms with Gasteiger partial charge in [-0.1, -0.05) is 18.2 Å². The Morgan fingerprint density at radius 2 is 1.91 bits per heavy atom. The Kier molecular flexibility index (Phi) is 4.31.